The number of thiocarbonyl (C=S) groups is 1. The van der Waals surface area contributed by atoms with Crippen molar-refractivity contribution in [1.82, 2.24) is 9.21 Å². The number of nitrogens with two attached hydrogens (primary N) is 1. The van der Waals surface area contributed by atoms with Crippen LogP contribution in [0.2, 0.25) is 0 Å². The maximum absolute atomic E-state index is 12.0. The second-order valence-electron chi connectivity index (χ2n) is 4.94. The van der Waals surface area contributed by atoms with Gasteiger partial charge < -0.3 is 10.6 Å². The molecule has 2 heterocycles. The number of likely N-dealkylation sites (tertiary alicyclic amines) is 1. The van der Waals surface area contributed by atoms with Gasteiger partial charge in [0.15, 0.2) is 0 Å². The van der Waals surface area contributed by atoms with Crippen LogP contribution in [-0.4, -0.2) is 60.6 Å². The summed E-state index contributed by atoms with van der Waals surface area (Å²) in [7, 11) is -1.13. The van der Waals surface area contributed by atoms with Crippen LogP contribution in [0, 0.1) is 0 Å². The van der Waals surface area contributed by atoms with Crippen LogP contribution in [0.15, 0.2) is 0 Å². The Hall–Kier alpha value is -0.240. The van der Waals surface area contributed by atoms with Gasteiger partial charge in [-0.1, -0.05) is 12.2 Å². The highest BCUT2D eigenvalue weighted by Crippen LogP contribution is 2.34. The molecular formula is C10H19N3O2S2. The van der Waals surface area contributed by atoms with Crippen LogP contribution in [0.25, 0.3) is 0 Å². The fraction of sp³-hybridized carbons (Fsp3) is 0.900. The SMILES string of the molecule is CN1CCC(C(N)=S)(N2CCCS2(=O)=O)CC1. The lowest BCUT2D eigenvalue weighted by molar-refractivity contribution is 0.149. The standard InChI is InChI=1S/C10H19N3O2S2/c1-12-6-3-10(4-7-12,9(11)16)13-5-2-8-17(13,14)15/h2-8H2,1H3,(H2,11,16). The summed E-state index contributed by atoms with van der Waals surface area (Å²) in [5.74, 6) is 0.229. The smallest absolute Gasteiger partial charge is 0.215 e. The highest BCUT2D eigenvalue weighted by atomic mass is 32.2. The third-order valence-electron chi connectivity index (χ3n) is 3.85. The first-order chi connectivity index (χ1) is 7.88. The first kappa shape index (κ1) is 13.2. The van der Waals surface area contributed by atoms with Crippen molar-refractivity contribution in [3.05, 3.63) is 0 Å². The van der Waals surface area contributed by atoms with Gasteiger partial charge in [-0.05, 0) is 26.3 Å². The Labute approximate surface area is 108 Å². The van der Waals surface area contributed by atoms with Crippen molar-refractivity contribution in [3.8, 4) is 0 Å². The van der Waals surface area contributed by atoms with Gasteiger partial charge in [0.05, 0.1) is 16.3 Å². The second-order valence-corrected chi connectivity index (χ2v) is 7.39. The quantitative estimate of drug-likeness (QED) is 0.707. The predicted molar refractivity (Wildman–Crippen MR) is 71.4 cm³/mol. The van der Waals surface area contributed by atoms with Crippen molar-refractivity contribution in [3.63, 3.8) is 0 Å². The van der Waals surface area contributed by atoms with Crippen molar-refractivity contribution < 1.29 is 8.42 Å². The second kappa shape index (κ2) is 4.46. The zero-order valence-corrected chi connectivity index (χ0v) is 11.7. The molecule has 98 valence electrons. The van der Waals surface area contributed by atoms with Crippen LogP contribution in [0.4, 0.5) is 0 Å². The molecule has 2 rings (SSSR count). The molecule has 2 saturated heterocycles. The molecule has 7 heteroatoms. The molecule has 0 radical (unpaired) electrons. The number of rotatable bonds is 2. The summed E-state index contributed by atoms with van der Waals surface area (Å²) < 4.78 is 25.7. The first-order valence-corrected chi connectivity index (χ1v) is 7.89. The minimum Gasteiger partial charge on any atom is -0.392 e. The molecule has 5 nitrogen and oxygen atoms in total. The Morgan fingerprint density at radius 1 is 1.29 bits per heavy atom. The third-order valence-corrected chi connectivity index (χ3v) is 6.24. The summed E-state index contributed by atoms with van der Waals surface area (Å²) >= 11 is 5.16. The number of nitrogens with zero attached hydrogens (tertiary/aromatic N) is 2. The number of hydrogen-bond acceptors (Lipinski definition) is 4. The Kier molecular flexibility index (Phi) is 3.46. The van der Waals surface area contributed by atoms with Gasteiger partial charge in [0.2, 0.25) is 10.0 Å². The molecule has 0 aromatic rings. The fourth-order valence-corrected chi connectivity index (χ4v) is 5.03. The van der Waals surface area contributed by atoms with Gasteiger partial charge in [0.25, 0.3) is 0 Å². The Bertz CT molecular complexity index is 413. The Balaban J connectivity index is 2.32. The van der Waals surface area contributed by atoms with Gasteiger partial charge in [-0.15, -0.1) is 0 Å². The van der Waals surface area contributed by atoms with E-state index < -0.39 is 15.6 Å². The first-order valence-electron chi connectivity index (χ1n) is 5.87. The minimum absolute atomic E-state index is 0.229. The van der Waals surface area contributed by atoms with Gasteiger partial charge in [0.1, 0.15) is 0 Å². The maximum atomic E-state index is 12.0. The molecule has 0 bridgehead atoms. The van der Waals surface area contributed by atoms with Crippen LogP contribution in [-0.2, 0) is 10.0 Å². The molecule has 2 aliphatic heterocycles. The lowest BCUT2D eigenvalue weighted by atomic mass is 9.87. The topological polar surface area (TPSA) is 66.6 Å². The average Bonchev–Trinajstić information content (AvgIpc) is 2.60. The van der Waals surface area contributed by atoms with E-state index in [9.17, 15) is 8.42 Å². The lowest BCUT2D eigenvalue weighted by Gasteiger charge is -2.44. The van der Waals surface area contributed by atoms with Crippen molar-refractivity contribution in [2.45, 2.75) is 24.8 Å². The van der Waals surface area contributed by atoms with Crippen LogP contribution in [0.3, 0.4) is 0 Å². The van der Waals surface area contributed by atoms with E-state index in [1.54, 1.807) is 4.31 Å². The van der Waals surface area contributed by atoms with Crippen molar-refractivity contribution in [2.24, 2.45) is 5.73 Å². The van der Waals surface area contributed by atoms with E-state index in [1.165, 1.54) is 0 Å². The summed E-state index contributed by atoms with van der Waals surface area (Å²) in [6.07, 6.45) is 2.10. The Morgan fingerprint density at radius 2 is 1.88 bits per heavy atom. The molecule has 0 saturated carbocycles. The number of hydrogen-bond donors (Lipinski definition) is 1. The Morgan fingerprint density at radius 3 is 2.29 bits per heavy atom. The van der Waals surface area contributed by atoms with Crippen LogP contribution in [0.5, 0.6) is 0 Å². The highest BCUT2D eigenvalue weighted by molar-refractivity contribution is 7.89. The summed E-state index contributed by atoms with van der Waals surface area (Å²) in [5, 5.41) is 0. The van der Waals surface area contributed by atoms with Gasteiger partial charge in [-0.25, -0.2) is 8.42 Å². The van der Waals surface area contributed by atoms with Gasteiger partial charge in [-0.3, -0.25) is 0 Å². The largest absolute Gasteiger partial charge is 0.392 e. The molecule has 2 fully saturated rings. The van der Waals surface area contributed by atoms with E-state index >= 15 is 0 Å². The number of piperidine rings is 1. The molecule has 0 atom stereocenters. The highest BCUT2D eigenvalue weighted by Gasteiger charge is 2.49. The molecule has 0 spiro atoms. The zero-order chi connectivity index (χ0) is 12.7. The molecule has 0 aliphatic carbocycles. The van der Waals surface area contributed by atoms with E-state index in [1.807, 2.05) is 7.05 Å². The predicted octanol–water partition coefficient (Wildman–Crippen LogP) is -0.228. The zero-order valence-electron chi connectivity index (χ0n) is 10.1. The molecule has 0 aromatic heterocycles. The maximum Gasteiger partial charge on any atom is 0.215 e. The molecule has 2 N–H and O–H groups in total. The lowest BCUT2D eigenvalue weighted by Crippen LogP contribution is -2.61. The monoisotopic (exact) mass is 277 g/mol. The van der Waals surface area contributed by atoms with E-state index in [2.05, 4.69) is 4.90 Å². The van der Waals surface area contributed by atoms with Crippen molar-refractivity contribution in [1.29, 1.82) is 0 Å². The summed E-state index contributed by atoms with van der Waals surface area (Å²) in [6, 6.07) is 0. The van der Waals surface area contributed by atoms with Gasteiger partial charge in [0, 0.05) is 19.6 Å². The van der Waals surface area contributed by atoms with Crippen molar-refractivity contribution >= 4 is 27.2 Å². The average molecular weight is 277 g/mol. The van der Waals surface area contributed by atoms with E-state index in [0.717, 1.165) is 13.1 Å². The number of sulfonamides is 1. The van der Waals surface area contributed by atoms with Crippen molar-refractivity contribution in [2.75, 3.05) is 32.4 Å². The summed E-state index contributed by atoms with van der Waals surface area (Å²) in [5.41, 5.74) is 5.24. The van der Waals surface area contributed by atoms with E-state index in [0.29, 0.717) is 30.8 Å². The fourth-order valence-electron chi connectivity index (χ4n) is 2.73. The van der Waals surface area contributed by atoms with Gasteiger partial charge >= 0.3 is 0 Å². The normalized spacial score (nSPS) is 29.2. The molecule has 17 heavy (non-hydrogen) atoms. The molecule has 2 aliphatic rings. The molecule has 0 unspecified atom stereocenters. The summed E-state index contributed by atoms with van der Waals surface area (Å²) in [6.45, 7) is 2.23. The van der Waals surface area contributed by atoms with Gasteiger partial charge in [-0.2, -0.15) is 4.31 Å². The van der Waals surface area contributed by atoms with Crippen LogP contribution >= 0.6 is 12.2 Å². The molecule has 0 amide bonds. The summed E-state index contributed by atoms with van der Waals surface area (Å²) in [4.78, 5) is 2.51. The molecule has 0 aromatic carbocycles. The minimum atomic E-state index is -3.16. The third kappa shape index (κ3) is 2.21. The van der Waals surface area contributed by atoms with E-state index in [-0.39, 0.29) is 5.75 Å². The van der Waals surface area contributed by atoms with E-state index in [4.69, 9.17) is 18.0 Å². The van der Waals surface area contributed by atoms with Crippen LogP contribution in [0.1, 0.15) is 19.3 Å². The molecular weight excluding hydrogens is 258 g/mol. The van der Waals surface area contributed by atoms with Crippen LogP contribution < -0.4 is 5.73 Å².